The van der Waals surface area contributed by atoms with Crippen LogP contribution in [0.1, 0.15) is 6.42 Å². The first-order chi connectivity index (χ1) is 6.58. The molecule has 1 aliphatic carbocycles. The van der Waals surface area contributed by atoms with E-state index in [0.717, 1.165) is 5.75 Å². The minimum absolute atomic E-state index is 0.663. The van der Waals surface area contributed by atoms with Crippen LogP contribution < -0.4 is 0 Å². The van der Waals surface area contributed by atoms with Gasteiger partial charge in [0.15, 0.2) is 0 Å². The fourth-order valence-electron chi connectivity index (χ4n) is 1.11. The second-order valence-corrected chi connectivity index (χ2v) is 10.2. The molecule has 0 aliphatic heterocycles. The van der Waals surface area contributed by atoms with Gasteiger partial charge in [-0.05, 0) is 17.6 Å². The van der Waals surface area contributed by atoms with Crippen molar-refractivity contribution in [1.29, 1.82) is 0 Å². The third-order valence-corrected chi connectivity index (χ3v) is 3.62. The Bertz CT molecular complexity index is 274. The third kappa shape index (κ3) is 5.36. The van der Waals surface area contributed by atoms with Crippen molar-refractivity contribution in [1.82, 2.24) is 0 Å². The number of hydrogen-bond donors (Lipinski definition) is 0. The summed E-state index contributed by atoms with van der Waals surface area (Å²) in [6.45, 7) is 6.84. The molecular formula is C12H18SSi. The Labute approximate surface area is 92.9 Å². The van der Waals surface area contributed by atoms with Crippen molar-refractivity contribution in [3.05, 3.63) is 24.3 Å². The fraction of sp³-hybridized carbons (Fsp3) is 0.500. The van der Waals surface area contributed by atoms with E-state index >= 15 is 0 Å². The van der Waals surface area contributed by atoms with Crippen LogP contribution >= 0.6 is 11.8 Å². The molecule has 0 unspecified atom stereocenters. The number of rotatable bonds is 3. The van der Waals surface area contributed by atoms with Gasteiger partial charge in [-0.1, -0.05) is 55.7 Å². The Morgan fingerprint density at radius 2 is 1.86 bits per heavy atom. The van der Waals surface area contributed by atoms with E-state index in [4.69, 9.17) is 0 Å². The van der Waals surface area contributed by atoms with E-state index in [0.29, 0.717) is 5.92 Å². The monoisotopic (exact) mass is 222 g/mol. The average molecular weight is 222 g/mol. The Morgan fingerprint density at radius 3 is 2.43 bits per heavy atom. The van der Waals surface area contributed by atoms with Gasteiger partial charge in [0.2, 0.25) is 0 Å². The molecule has 0 radical (unpaired) electrons. The van der Waals surface area contributed by atoms with Crippen LogP contribution in [0.25, 0.3) is 0 Å². The number of thioether (sulfide) groups is 1. The van der Waals surface area contributed by atoms with Gasteiger partial charge in [0.1, 0.15) is 8.07 Å². The molecule has 1 aliphatic rings. The highest BCUT2D eigenvalue weighted by Crippen LogP contribution is 2.16. The van der Waals surface area contributed by atoms with Gasteiger partial charge in [0.05, 0.1) is 0 Å². The molecule has 1 rings (SSSR count). The van der Waals surface area contributed by atoms with Crippen molar-refractivity contribution in [3.8, 4) is 10.8 Å². The molecule has 0 fully saturated rings. The van der Waals surface area contributed by atoms with Gasteiger partial charge < -0.3 is 0 Å². The summed E-state index contributed by atoms with van der Waals surface area (Å²) in [6, 6.07) is 0. The maximum absolute atomic E-state index is 3.36. The smallest absolute Gasteiger partial charge is 0.120 e. The van der Waals surface area contributed by atoms with Crippen LogP contribution in [0.3, 0.4) is 0 Å². The first-order valence-electron chi connectivity index (χ1n) is 5.07. The second-order valence-electron chi connectivity index (χ2n) is 4.55. The van der Waals surface area contributed by atoms with Gasteiger partial charge in [-0.15, -0.1) is 5.54 Å². The maximum Gasteiger partial charge on any atom is 0.130 e. The molecule has 0 saturated carbocycles. The lowest BCUT2D eigenvalue weighted by molar-refractivity contribution is 0.795. The molecule has 0 atom stereocenters. The van der Waals surface area contributed by atoms with Crippen LogP contribution in [-0.2, 0) is 0 Å². The van der Waals surface area contributed by atoms with Gasteiger partial charge >= 0.3 is 0 Å². The summed E-state index contributed by atoms with van der Waals surface area (Å²) in [5.41, 5.74) is 3.36. The molecule has 0 amide bonds. The normalized spacial score (nSPS) is 15.6. The molecule has 0 aromatic carbocycles. The van der Waals surface area contributed by atoms with Gasteiger partial charge in [-0.25, -0.2) is 0 Å². The first kappa shape index (κ1) is 11.7. The molecule has 0 aromatic heterocycles. The molecule has 14 heavy (non-hydrogen) atoms. The van der Waals surface area contributed by atoms with E-state index < -0.39 is 8.07 Å². The van der Waals surface area contributed by atoms with Gasteiger partial charge in [-0.3, -0.25) is 0 Å². The molecule has 0 nitrogen and oxygen atoms in total. The molecule has 0 spiro atoms. The molecule has 0 bridgehead atoms. The van der Waals surface area contributed by atoms with E-state index in [1.165, 1.54) is 6.42 Å². The van der Waals surface area contributed by atoms with Gasteiger partial charge in [0, 0.05) is 5.75 Å². The Morgan fingerprint density at radius 1 is 1.21 bits per heavy atom. The summed E-state index contributed by atoms with van der Waals surface area (Å²) in [7, 11) is -1.15. The molecule has 0 heterocycles. The van der Waals surface area contributed by atoms with Crippen LogP contribution in [0.4, 0.5) is 0 Å². The molecular weight excluding hydrogens is 204 g/mol. The van der Waals surface area contributed by atoms with Gasteiger partial charge in [0.25, 0.3) is 0 Å². The Balaban J connectivity index is 2.12. The largest absolute Gasteiger partial charge is 0.130 e. The predicted octanol–water partition coefficient (Wildman–Crippen LogP) is 3.69. The first-order valence-corrected chi connectivity index (χ1v) is 9.55. The summed E-state index contributed by atoms with van der Waals surface area (Å²) < 4.78 is 0. The Kier molecular flexibility index (Phi) is 4.57. The maximum atomic E-state index is 3.36. The number of allylic oxidation sites excluding steroid dienone is 4. The highest BCUT2D eigenvalue weighted by atomic mass is 32.2. The van der Waals surface area contributed by atoms with Crippen LogP contribution in [0.2, 0.25) is 19.6 Å². The molecule has 0 saturated heterocycles. The summed E-state index contributed by atoms with van der Waals surface area (Å²) in [4.78, 5) is 0. The summed E-state index contributed by atoms with van der Waals surface area (Å²) in [5, 5.41) is 3.23. The quantitative estimate of drug-likeness (QED) is 0.399. The minimum Gasteiger partial charge on any atom is -0.120 e. The van der Waals surface area contributed by atoms with E-state index in [9.17, 15) is 0 Å². The summed E-state index contributed by atoms with van der Waals surface area (Å²) in [6.07, 6.45) is 9.99. The standard InChI is InChI=1S/C12H18SSi/c1-14(2,3)11-10-13-9-8-12-6-4-5-7-12/h4-7,12H,8-9H2,1-3H3. The lowest BCUT2D eigenvalue weighted by atomic mass is 10.1. The summed E-state index contributed by atoms with van der Waals surface area (Å²) in [5.74, 6) is 1.81. The van der Waals surface area contributed by atoms with Crippen LogP contribution in [0, 0.1) is 16.7 Å². The van der Waals surface area contributed by atoms with Crippen molar-refractivity contribution < 1.29 is 0 Å². The third-order valence-electron chi connectivity index (χ3n) is 1.88. The van der Waals surface area contributed by atoms with Crippen molar-refractivity contribution in [2.75, 3.05) is 5.75 Å². The SMILES string of the molecule is C[Si](C)(C)C#CSCCC1C=CC=C1. The van der Waals surface area contributed by atoms with Crippen molar-refractivity contribution in [2.24, 2.45) is 5.92 Å². The lowest BCUT2D eigenvalue weighted by Crippen LogP contribution is -2.16. The number of hydrogen-bond acceptors (Lipinski definition) is 1. The topological polar surface area (TPSA) is 0 Å². The van der Waals surface area contributed by atoms with Crippen LogP contribution in [0.15, 0.2) is 24.3 Å². The zero-order chi connectivity index (χ0) is 10.4. The van der Waals surface area contributed by atoms with E-state index in [2.05, 4.69) is 54.7 Å². The molecule has 0 aromatic rings. The Hall–Kier alpha value is -0.393. The average Bonchev–Trinajstić information content (AvgIpc) is 2.54. The van der Waals surface area contributed by atoms with Crippen molar-refractivity contribution in [3.63, 3.8) is 0 Å². The van der Waals surface area contributed by atoms with E-state index in [1.807, 2.05) is 0 Å². The van der Waals surface area contributed by atoms with Gasteiger partial charge in [-0.2, -0.15) is 0 Å². The van der Waals surface area contributed by atoms with Crippen LogP contribution in [-0.4, -0.2) is 13.8 Å². The summed E-state index contributed by atoms with van der Waals surface area (Å²) >= 11 is 1.77. The zero-order valence-electron chi connectivity index (χ0n) is 9.21. The van der Waals surface area contributed by atoms with Crippen molar-refractivity contribution >= 4 is 19.8 Å². The zero-order valence-corrected chi connectivity index (χ0v) is 11.0. The predicted molar refractivity (Wildman–Crippen MR) is 70.0 cm³/mol. The van der Waals surface area contributed by atoms with Crippen LogP contribution in [0.5, 0.6) is 0 Å². The highest BCUT2D eigenvalue weighted by Gasteiger charge is 2.07. The highest BCUT2D eigenvalue weighted by molar-refractivity contribution is 8.03. The fourth-order valence-corrected chi connectivity index (χ4v) is 3.11. The second kappa shape index (κ2) is 5.48. The molecule has 76 valence electrons. The molecule has 0 N–H and O–H groups in total. The lowest BCUT2D eigenvalue weighted by Gasteiger charge is -2.03. The minimum atomic E-state index is -1.15. The molecule has 2 heteroatoms. The van der Waals surface area contributed by atoms with E-state index in [1.54, 1.807) is 11.8 Å². The van der Waals surface area contributed by atoms with E-state index in [-0.39, 0.29) is 0 Å². The van der Waals surface area contributed by atoms with Crippen molar-refractivity contribution in [2.45, 2.75) is 26.1 Å².